The van der Waals surface area contributed by atoms with Crippen LogP contribution in [0.15, 0.2) is 30.6 Å². The summed E-state index contributed by atoms with van der Waals surface area (Å²) in [7, 11) is 4.01. The van der Waals surface area contributed by atoms with Crippen molar-refractivity contribution in [2.45, 2.75) is 19.0 Å². The fourth-order valence-electron chi connectivity index (χ4n) is 3.43. The molecular weight excluding hydrogens is 315 g/mol. The Balaban J connectivity index is 1.64. The smallest absolute Gasteiger partial charge is 0.142 e. The molecule has 0 unspecified atom stereocenters. The van der Waals surface area contributed by atoms with E-state index in [0.717, 1.165) is 31.6 Å². The minimum absolute atomic E-state index is 0.181. The van der Waals surface area contributed by atoms with E-state index < -0.39 is 0 Å². The molecule has 0 amide bonds. The molecule has 1 fully saturated rings. The summed E-state index contributed by atoms with van der Waals surface area (Å²) < 4.78 is 15.6. The number of nitrogens with zero attached hydrogens (tertiary/aromatic N) is 3. The number of hydrogen-bond acceptors (Lipinski definition) is 3. The molecule has 2 aromatic rings. The van der Waals surface area contributed by atoms with Crippen LogP contribution in [-0.2, 0) is 13.6 Å². The number of nitrogens with one attached hydrogen (secondary N) is 1. The zero-order valence-electron chi connectivity index (χ0n) is 13.5. The molecule has 1 aromatic carbocycles. The second-order valence-electron chi connectivity index (χ2n) is 6.30. The summed E-state index contributed by atoms with van der Waals surface area (Å²) in [5.41, 5.74) is 2.17. The summed E-state index contributed by atoms with van der Waals surface area (Å²) in [4.78, 5) is 2.29. The molecule has 23 heavy (non-hydrogen) atoms. The summed E-state index contributed by atoms with van der Waals surface area (Å²) in [6, 6.07) is 5.39. The molecule has 4 nitrogen and oxygen atoms in total. The second kappa shape index (κ2) is 6.99. The van der Waals surface area contributed by atoms with Gasteiger partial charge in [-0.05, 0) is 43.6 Å². The summed E-state index contributed by atoms with van der Waals surface area (Å²) in [6.07, 6.45) is 4.99. The van der Waals surface area contributed by atoms with Gasteiger partial charge in [-0.2, -0.15) is 5.10 Å². The molecule has 0 radical (unpaired) electrons. The van der Waals surface area contributed by atoms with Gasteiger partial charge in [0.2, 0.25) is 0 Å². The quantitative estimate of drug-likeness (QED) is 0.911. The fraction of sp³-hybridized carbons (Fsp3) is 0.471. The molecule has 0 spiro atoms. The van der Waals surface area contributed by atoms with Crippen LogP contribution in [0.5, 0.6) is 0 Å². The zero-order valence-corrected chi connectivity index (χ0v) is 14.2. The van der Waals surface area contributed by atoms with E-state index in [2.05, 4.69) is 22.4 Å². The predicted molar refractivity (Wildman–Crippen MR) is 89.8 cm³/mol. The number of aromatic nitrogens is 2. The van der Waals surface area contributed by atoms with Crippen molar-refractivity contribution in [1.82, 2.24) is 20.0 Å². The van der Waals surface area contributed by atoms with Crippen LogP contribution in [-0.4, -0.2) is 34.8 Å². The van der Waals surface area contributed by atoms with Crippen molar-refractivity contribution in [1.29, 1.82) is 0 Å². The molecule has 1 aromatic heterocycles. The Morgan fingerprint density at radius 2 is 2.22 bits per heavy atom. The highest BCUT2D eigenvalue weighted by Crippen LogP contribution is 2.36. The first-order valence-electron chi connectivity index (χ1n) is 7.88. The first kappa shape index (κ1) is 16.4. The number of aryl methyl sites for hydroxylation is 1. The maximum atomic E-state index is 13.8. The average molecular weight is 337 g/mol. The van der Waals surface area contributed by atoms with Crippen molar-refractivity contribution in [3.8, 4) is 0 Å². The van der Waals surface area contributed by atoms with Crippen molar-refractivity contribution >= 4 is 11.6 Å². The van der Waals surface area contributed by atoms with E-state index in [-0.39, 0.29) is 16.9 Å². The largest absolute Gasteiger partial charge is 0.312 e. The normalized spacial score (nSPS) is 21.9. The third-order valence-corrected chi connectivity index (χ3v) is 4.86. The lowest BCUT2D eigenvalue weighted by Gasteiger charge is -2.26. The van der Waals surface area contributed by atoms with Crippen molar-refractivity contribution in [2.24, 2.45) is 13.0 Å². The van der Waals surface area contributed by atoms with E-state index in [4.69, 9.17) is 11.6 Å². The molecule has 0 saturated carbocycles. The summed E-state index contributed by atoms with van der Waals surface area (Å²) in [5, 5.41) is 7.86. The van der Waals surface area contributed by atoms with Gasteiger partial charge in [0.25, 0.3) is 0 Å². The second-order valence-corrected chi connectivity index (χ2v) is 6.71. The molecule has 124 valence electrons. The van der Waals surface area contributed by atoms with E-state index in [1.54, 1.807) is 16.8 Å². The third-order valence-electron chi connectivity index (χ3n) is 4.55. The number of rotatable bonds is 5. The highest BCUT2D eigenvalue weighted by molar-refractivity contribution is 6.30. The lowest BCUT2D eigenvalue weighted by atomic mass is 9.93. The van der Waals surface area contributed by atoms with E-state index in [1.807, 2.05) is 25.5 Å². The van der Waals surface area contributed by atoms with Gasteiger partial charge >= 0.3 is 0 Å². The van der Waals surface area contributed by atoms with Crippen LogP contribution in [0.1, 0.15) is 23.6 Å². The molecule has 1 saturated heterocycles. The van der Waals surface area contributed by atoms with Crippen molar-refractivity contribution in [3.63, 3.8) is 0 Å². The Hall–Kier alpha value is -1.43. The topological polar surface area (TPSA) is 33.1 Å². The third kappa shape index (κ3) is 3.74. The van der Waals surface area contributed by atoms with E-state index in [9.17, 15) is 4.39 Å². The minimum atomic E-state index is -0.341. The van der Waals surface area contributed by atoms with Gasteiger partial charge in [-0.1, -0.05) is 17.7 Å². The Morgan fingerprint density at radius 1 is 1.39 bits per heavy atom. The van der Waals surface area contributed by atoms with E-state index in [0.29, 0.717) is 5.92 Å². The first-order chi connectivity index (χ1) is 11.0. The highest BCUT2D eigenvalue weighted by Gasteiger charge is 2.32. The Morgan fingerprint density at radius 3 is 2.91 bits per heavy atom. The maximum Gasteiger partial charge on any atom is 0.142 e. The van der Waals surface area contributed by atoms with Gasteiger partial charge in [-0.3, -0.25) is 9.58 Å². The lowest BCUT2D eigenvalue weighted by Crippen LogP contribution is -2.28. The van der Waals surface area contributed by atoms with Crippen LogP contribution in [0, 0.1) is 11.7 Å². The monoisotopic (exact) mass is 336 g/mol. The van der Waals surface area contributed by atoms with Crippen LogP contribution in [0.3, 0.4) is 0 Å². The summed E-state index contributed by atoms with van der Waals surface area (Å²) in [6.45, 7) is 2.72. The predicted octanol–water partition coefficient (Wildman–Crippen LogP) is 3.00. The Kier molecular flexibility index (Phi) is 4.99. The van der Waals surface area contributed by atoms with E-state index >= 15 is 0 Å². The molecule has 6 heteroatoms. The maximum absolute atomic E-state index is 13.8. The number of hydrogen-bond donors (Lipinski definition) is 1. The standard InChI is InChI=1S/C17H22ClFN4/c1-22-6-5-14(10-20-8-12-9-21-23(2)11-12)17(22)13-3-4-15(18)16(19)7-13/h3-4,7,9,11,14,17,20H,5-6,8,10H2,1-2H3/t14-,17-/m0/s1. The van der Waals surface area contributed by atoms with Crippen LogP contribution in [0.2, 0.25) is 5.02 Å². The van der Waals surface area contributed by atoms with Crippen molar-refractivity contribution in [2.75, 3.05) is 20.1 Å². The molecule has 0 bridgehead atoms. The Labute approximate surface area is 141 Å². The van der Waals surface area contributed by atoms with Crippen LogP contribution < -0.4 is 5.32 Å². The number of halogens is 2. The molecule has 0 aliphatic carbocycles. The summed E-state index contributed by atoms with van der Waals surface area (Å²) >= 11 is 5.80. The highest BCUT2D eigenvalue weighted by atomic mass is 35.5. The SMILES string of the molecule is CN1CC[C@@H](CNCc2cnn(C)c2)[C@@H]1c1ccc(Cl)c(F)c1. The van der Waals surface area contributed by atoms with Crippen molar-refractivity contribution in [3.05, 3.63) is 52.6 Å². The van der Waals surface area contributed by atoms with Gasteiger partial charge in [0, 0.05) is 37.9 Å². The van der Waals surface area contributed by atoms with Gasteiger partial charge in [-0.15, -0.1) is 0 Å². The molecular formula is C17H22ClFN4. The van der Waals surface area contributed by atoms with Crippen molar-refractivity contribution < 1.29 is 4.39 Å². The summed E-state index contributed by atoms with van der Waals surface area (Å²) in [5.74, 6) is 0.115. The van der Waals surface area contributed by atoms with E-state index in [1.165, 1.54) is 5.56 Å². The minimum Gasteiger partial charge on any atom is -0.312 e. The zero-order chi connectivity index (χ0) is 16.4. The molecule has 2 atom stereocenters. The lowest BCUT2D eigenvalue weighted by molar-refractivity contribution is 0.271. The number of benzene rings is 1. The van der Waals surface area contributed by atoms with Gasteiger partial charge in [-0.25, -0.2) is 4.39 Å². The molecule has 1 aliphatic heterocycles. The van der Waals surface area contributed by atoms with Crippen LogP contribution in [0.4, 0.5) is 4.39 Å². The van der Waals surface area contributed by atoms with Crippen LogP contribution in [0.25, 0.3) is 0 Å². The average Bonchev–Trinajstić information content (AvgIpc) is 3.09. The molecule has 1 N–H and O–H groups in total. The van der Waals surface area contributed by atoms with Crippen LogP contribution >= 0.6 is 11.6 Å². The molecule has 2 heterocycles. The van der Waals surface area contributed by atoms with Gasteiger partial charge in [0.1, 0.15) is 5.82 Å². The number of likely N-dealkylation sites (tertiary alicyclic amines) is 1. The first-order valence-corrected chi connectivity index (χ1v) is 8.26. The van der Waals surface area contributed by atoms with Gasteiger partial charge < -0.3 is 5.32 Å². The Bertz CT molecular complexity index is 672. The molecule has 3 rings (SSSR count). The van der Waals surface area contributed by atoms with Gasteiger partial charge in [0.05, 0.1) is 11.2 Å². The van der Waals surface area contributed by atoms with Gasteiger partial charge in [0.15, 0.2) is 0 Å². The fourth-order valence-corrected chi connectivity index (χ4v) is 3.55. The molecule has 1 aliphatic rings.